The van der Waals surface area contributed by atoms with Crippen molar-refractivity contribution >= 4 is 48.5 Å². The lowest BCUT2D eigenvalue weighted by Crippen LogP contribution is -2.48. The normalized spacial score (nSPS) is 26.3. The molecule has 242 valence electrons. The highest BCUT2D eigenvalue weighted by molar-refractivity contribution is 14.1. The summed E-state index contributed by atoms with van der Waals surface area (Å²) in [4.78, 5) is 32.1. The number of halogens is 2. The molecule has 3 heterocycles. The highest BCUT2D eigenvalue weighted by Crippen LogP contribution is 2.60. The highest BCUT2D eigenvalue weighted by atomic mass is 127. The lowest BCUT2D eigenvalue weighted by molar-refractivity contribution is -0.150. The molecule has 2 amide bonds. The molecule has 2 aromatic rings. The SMILES string of the molecule is CC(C)=CCC/C(C)=C/CN1C(=O)[C@]2(O[C@H](CC(=O)N3Cc4ccccc4C[C@H]3CO)[C@@H]([Si](C)(C)F)[C@@H]2C)c2cc(I)ccc21. The third-order valence-corrected chi connectivity index (χ3v) is 13.0. The van der Waals surface area contributed by atoms with Gasteiger partial charge >= 0.3 is 0 Å². The second-order valence-electron chi connectivity index (χ2n) is 13.8. The fourth-order valence-electron chi connectivity index (χ4n) is 7.67. The van der Waals surface area contributed by atoms with Gasteiger partial charge in [0.25, 0.3) is 5.91 Å². The molecule has 0 bridgehead atoms. The molecule has 2 aromatic carbocycles. The first-order chi connectivity index (χ1) is 21.3. The van der Waals surface area contributed by atoms with E-state index in [9.17, 15) is 14.7 Å². The minimum absolute atomic E-state index is 0.0360. The number of benzene rings is 2. The number of amides is 2. The van der Waals surface area contributed by atoms with E-state index in [1.54, 1.807) is 22.9 Å². The molecule has 6 nitrogen and oxygen atoms in total. The minimum Gasteiger partial charge on any atom is -0.394 e. The number of hydrogen-bond acceptors (Lipinski definition) is 4. The minimum atomic E-state index is -3.43. The van der Waals surface area contributed by atoms with Gasteiger partial charge in [-0.1, -0.05) is 54.5 Å². The fraction of sp³-hybridized carbons (Fsp3) is 0.500. The smallest absolute Gasteiger partial charge is 0.264 e. The van der Waals surface area contributed by atoms with Crippen molar-refractivity contribution in [2.24, 2.45) is 5.92 Å². The van der Waals surface area contributed by atoms with Crippen molar-refractivity contribution in [2.75, 3.05) is 18.1 Å². The Morgan fingerprint density at radius 2 is 1.87 bits per heavy atom. The molecule has 0 aliphatic carbocycles. The van der Waals surface area contributed by atoms with E-state index in [2.05, 4.69) is 55.5 Å². The van der Waals surface area contributed by atoms with Crippen molar-refractivity contribution in [1.29, 1.82) is 0 Å². The van der Waals surface area contributed by atoms with Crippen molar-refractivity contribution < 1.29 is 23.5 Å². The zero-order valence-corrected chi connectivity index (χ0v) is 30.4. The maximum atomic E-state index is 16.3. The first kappa shape index (κ1) is 34.0. The summed E-state index contributed by atoms with van der Waals surface area (Å²) in [5.74, 6) is -0.824. The van der Waals surface area contributed by atoms with Crippen LogP contribution >= 0.6 is 22.6 Å². The molecule has 3 aliphatic rings. The summed E-state index contributed by atoms with van der Waals surface area (Å²) < 4.78 is 24.1. The van der Waals surface area contributed by atoms with Gasteiger partial charge in [0.05, 0.1) is 30.9 Å². The number of aliphatic hydroxyl groups is 1. The predicted octanol–water partition coefficient (Wildman–Crippen LogP) is 7.44. The van der Waals surface area contributed by atoms with Gasteiger partial charge in [0.1, 0.15) is 0 Å². The van der Waals surface area contributed by atoms with Gasteiger partial charge in [0.15, 0.2) is 5.60 Å². The van der Waals surface area contributed by atoms with Crippen LogP contribution in [-0.4, -0.2) is 55.5 Å². The number of fused-ring (bicyclic) bond motifs is 3. The molecule has 1 saturated heterocycles. The van der Waals surface area contributed by atoms with Crippen LogP contribution in [0.25, 0.3) is 0 Å². The Kier molecular flexibility index (Phi) is 10.1. The van der Waals surface area contributed by atoms with Crippen LogP contribution in [0.3, 0.4) is 0 Å². The van der Waals surface area contributed by atoms with Crippen LogP contribution < -0.4 is 4.90 Å². The van der Waals surface area contributed by atoms with Gasteiger partial charge in [-0.2, -0.15) is 0 Å². The maximum absolute atomic E-state index is 16.3. The Balaban J connectivity index is 1.46. The number of anilines is 1. The quantitative estimate of drug-likeness (QED) is 0.126. The van der Waals surface area contributed by atoms with Crippen molar-refractivity contribution in [1.82, 2.24) is 4.90 Å². The molecule has 45 heavy (non-hydrogen) atoms. The maximum Gasteiger partial charge on any atom is 0.264 e. The number of allylic oxidation sites excluding steroid dienone is 3. The number of ether oxygens (including phenoxy) is 1. The van der Waals surface area contributed by atoms with Crippen LogP contribution in [0, 0.1) is 9.49 Å². The van der Waals surface area contributed by atoms with Gasteiger partial charge < -0.3 is 23.8 Å². The van der Waals surface area contributed by atoms with Crippen LogP contribution in [0.15, 0.2) is 65.8 Å². The number of carbonyl (C=O) groups is 2. The predicted molar refractivity (Wildman–Crippen MR) is 188 cm³/mol. The Hall–Kier alpha value is -2.34. The van der Waals surface area contributed by atoms with Crippen LogP contribution in [0.4, 0.5) is 9.80 Å². The summed E-state index contributed by atoms with van der Waals surface area (Å²) in [6, 6.07) is 13.6. The molecule has 1 N–H and O–H groups in total. The number of hydrogen-bond donors (Lipinski definition) is 1. The molecule has 1 fully saturated rings. The molecule has 5 atom stereocenters. The lowest BCUT2D eigenvalue weighted by Gasteiger charge is -2.37. The Morgan fingerprint density at radius 1 is 1.16 bits per heavy atom. The van der Waals surface area contributed by atoms with E-state index >= 15 is 4.11 Å². The number of nitrogens with zero attached hydrogens (tertiary/aromatic N) is 2. The zero-order chi connectivity index (χ0) is 32.7. The van der Waals surface area contributed by atoms with Crippen molar-refractivity contribution in [3.63, 3.8) is 0 Å². The largest absolute Gasteiger partial charge is 0.394 e. The van der Waals surface area contributed by atoms with E-state index in [0.717, 1.165) is 38.8 Å². The molecule has 0 aromatic heterocycles. The Bertz CT molecular complexity index is 1520. The molecule has 0 saturated carbocycles. The van der Waals surface area contributed by atoms with Gasteiger partial charge in [-0.25, -0.2) is 0 Å². The van der Waals surface area contributed by atoms with E-state index in [1.807, 2.05) is 49.4 Å². The van der Waals surface area contributed by atoms with Gasteiger partial charge in [-0.3, -0.25) is 9.59 Å². The van der Waals surface area contributed by atoms with Crippen LogP contribution in [-0.2, 0) is 32.9 Å². The third-order valence-electron chi connectivity index (χ3n) is 9.90. The molecule has 0 radical (unpaired) electrons. The van der Waals surface area contributed by atoms with Gasteiger partial charge in [-0.15, -0.1) is 0 Å². The standard InChI is InChI=1S/C36H46FIN2O4Si/c1-23(2)10-9-11-24(3)16-17-39-31-15-14-28(38)19-30(31)36(35(39)43)25(4)34(45(5,6)37)32(44-36)20-33(42)40-21-27-13-8-7-12-26(27)18-29(40)22-41/h7-8,10,12-16,19,25,29,32,34,41H,9,11,17-18,20-22H2,1-6H3/b24-16+/t25-,29-,32+,34-,36+/m0/s1. The van der Waals surface area contributed by atoms with Gasteiger partial charge in [-0.05, 0) is 105 Å². The third kappa shape index (κ3) is 6.60. The zero-order valence-electron chi connectivity index (χ0n) is 27.3. The Labute approximate surface area is 282 Å². The molecule has 1 spiro atoms. The average Bonchev–Trinajstić information content (AvgIpc) is 3.40. The second-order valence-corrected chi connectivity index (χ2v) is 18.8. The first-order valence-corrected chi connectivity index (χ1v) is 20.1. The molecule has 5 rings (SSSR count). The van der Waals surface area contributed by atoms with E-state index < -0.39 is 31.6 Å². The van der Waals surface area contributed by atoms with E-state index in [1.165, 1.54) is 11.1 Å². The summed E-state index contributed by atoms with van der Waals surface area (Å²) in [6.07, 6.45) is 5.95. The lowest BCUT2D eigenvalue weighted by atomic mass is 9.82. The van der Waals surface area contributed by atoms with Crippen LogP contribution in [0.2, 0.25) is 18.6 Å². The van der Waals surface area contributed by atoms with Crippen LogP contribution in [0.1, 0.15) is 63.6 Å². The fourth-order valence-corrected chi connectivity index (χ4v) is 10.7. The van der Waals surface area contributed by atoms with Crippen LogP contribution in [0.5, 0.6) is 0 Å². The highest BCUT2D eigenvalue weighted by Gasteiger charge is 2.67. The number of aliphatic hydroxyl groups excluding tert-OH is 1. The monoisotopic (exact) mass is 744 g/mol. The average molecular weight is 745 g/mol. The number of carbonyl (C=O) groups excluding carboxylic acids is 2. The summed E-state index contributed by atoms with van der Waals surface area (Å²) >= 11 is 2.25. The summed E-state index contributed by atoms with van der Waals surface area (Å²) in [5, 5.41) is 10.2. The van der Waals surface area contributed by atoms with E-state index in [0.29, 0.717) is 19.5 Å². The molecule has 9 heteroatoms. The van der Waals surface area contributed by atoms with E-state index in [-0.39, 0.29) is 30.9 Å². The molecule has 0 unspecified atom stereocenters. The molecule has 3 aliphatic heterocycles. The van der Waals surface area contributed by atoms with Crippen molar-refractivity contribution in [3.8, 4) is 0 Å². The van der Waals surface area contributed by atoms with Crippen molar-refractivity contribution in [2.45, 2.75) is 96.3 Å². The first-order valence-electron chi connectivity index (χ1n) is 16.0. The summed E-state index contributed by atoms with van der Waals surface area (Å²) in [5.41, 5.74) is 4.30. The van der Waals surface area contributed by atoms with Crippen molar-refractivity contribution in [3.05, 3.63) is 86.0 Å². The van der Waals surface area contributed by atoms with Gasteiger partial charge in [0.2, 0.25) is 14.3 Å². The topological polar surface area (TPSA) is 70.1 Å². The Morgan fingerprint density at radius 3 is 2.53 bits per heavy atom. The summed E-state index contributed by atoms with van der Waals surface area (Å²) in [6.45, 7) is 12.2. The van der Waals surface area contributed by atoms with Gasteiger partial charge in [0, 0.05) is 33.7 Å². The summed E-state index contributed by atoms with van der Waals surface area (Å²) in [7, 11) is -3.43. The van der Waals surface area contributed by atoms with E-state index in [4.69, 9.17) is 4.74 Å². The number of rotatable bonds is 9. The molecular formula is C36H46FIN2O4Si. The second kappa shape index (κ2) is 13.4. The molecular weight excluding hydrogens is 698 g/mol.